The molecule has 0 aliphatic carbocycles. The fourth-order valence-electron chi connectivity index (χ4n) is 3.07. The summed E-state index contributed by atoms with van der Waals surface area (Å²) in [6.07, 6.45) is 4.16. The van der Waals surface area contributed by atoms with E-state index in [9.17, 15) is 0 Å². The summed E-state index contributed by atoms with van der Waals surface area (Å²) in [7, 11) is 0. The molecule has 0 amide bonds. The molecule has 0 aromatic heterocycles. The molecule has 0 bridgehead atoms. The maximum Gasteiger partial charge on any atom is 0.191 e. The maximum atomic E-state index is 5.27. The molecule has 0 saturated heterocycles. The van der Waals surface area contributed by atoms with Crippen LogP contribution in [0, 0.1) is 6.92 Å². The second-order valence-corrected chi connectivity index (χ2v) is 6.67. The van der Waals surface area contributed by atoms with Crippen molar-refractivity contribution in [3.05, 3.63) is 59.2 Å². The number of thiocarbonyl (C=S) groups is 1. The molecule has 0 unspecified atom stereocenters. The summed E-state index contributed by atoms with van der Waals surface area (Å²) in [6, 6.07) is 14.6. The van der Waals surface area contributed by atoms with Gasteiger partial charge < -0.3 is 10.2 Å². The molecule has 5 heteroatoms. The molecule has 3 rings (SSSR count). The second kappa shape index (κ2) is 8.12. The summed E-state index contributed by atoms with van der Waals surface area (Å²) in [5, 5.41) is 7.85. The van der Waals surface area contributed by atoms with Gasteiger partial charge in [-0.3, -0.25) is 5.43 Å². The van der Waals surface area contributed by atoms with Gasteiger partial charge in [0.05, 0.1) is 6.21 Å². The molecule has 1 heterocycles. The molecule has 1 aliphatic heterocycles. The van der Waals surface area contributed by atoms with Crippen molar-refractivity contribution in [2.24, 2.45) is 5.10 Å². The quantitative estimate of drug-likeness (QED) is 0.494. The van der Waals surface area contributed by atoms with E-state index in [1.54, 1.807) is 0 Å². The van der Waals surface area contributed by atoms with E-state index in [4.69, 9.17) is 12.2 Å². The molecule has 4 nitrogen and oxygen atoms in total. The van der Waals surface area contributed by atoms with Crippen LogP contribution < -0.4 is 15.6 Å². The lowest BCUT2D eigenvalue weighted by atomic mass is 9.99. The molecule has 2 N–H and O–H groups in total. The normalized spacial score (nSPS) is 13.6. The first-order chi connectivity index (χ1) is 12.2. The minimum absolute atomic E-state index is 0.482. The Hall–Kier alpha value is -2.40. The third kappa shape index (κ3) is 4.57. The van der Waals surface area contributed by atoms with Crippen LogP contribution in [-0.2, 0) is 6.42 Å². The minimum Gasteiger partial charge on any atom is -0.372 e. The lowest BCUT2D eigenvalue weighted by Gasteiger charge is -2.30. The van der Waals surface area contributed by atoms with E-state index < -0.39 is 0 Å². The molecule has 0 saturated carbocycles. The van der Waals surface area contributed by atoms with Gasteiger partial charge in [0, 0.05) is 24.5 Å². The summed E-state index contributed by atoms with van der Waals surface area (Å²) < 4.78 is 0. The lowest BCUT2D eigenvalue weighted by Crippen LogP contribution is -2.28. The number of hydrogen-bond donors (Lipinski definition) is 2. The summed E-state index contributed by atoms with van der Waals surface area (Å²) in [5.41, 5.74) is 8.89. The Morgan fingerprint density at radius 1 is 1.24 bits per heavy atom. The van der Waals surface area contributed by atoms with Gasteiger partial charge in [-0.15, -0.1) is 0 Å². The highest BCUT2D eigenvalue weighted by molar-refractivity contribution is 7.80. The van der Waals surface area contributed by atoms with E-state index in [1.165, 1.54) is 23.2 Å². The van der Waals surface area contributed by atoms with Crippen molar-refractivity contribution in [1.82, 2.24) is 5.43 Å². The van der Waals surface area contributed by atoms with Crippen molar-refractivity contribution in [3.63, 3.8) is 0 Å². The van der Waals surface area contributed by atoms with Crippen LogP contribution in [0.4, 0.5) is 11.4 Å². The van der Waals surface area contributed by atoms with Gasteiger partial charge in [0.1, 0.15) is 0 Å². The highest BCUT2D eigenvalue weighted by Crippen LogP contribution is 2.27. The molecule has 1 aliphatic rings. The molecule has 0 fully saturated rings. The third-order valence-corrected chi connectivity index (χ3v) is 4.58. The van der Waals surface area contributed by atoms with Gasteiger partial charge in [-0.2, -0.15) is 5.10 Å². The molecular formula is C20H24N4S. The Morgan fingerprint density at radius 3 is 2.80 bits per heavy atom. The summed E-state index contributed by atoms with van der Waals surface area (Å²) in [4.78, 5) is 2.43. The van der Waals surface area contributed by atoms with Crippen LogP contribution in [-0.4, -0.2) is 24.4 Å². The Balaban J connectivity index is 1.58. The average Bonchev–Trinajstić information content (AvgIpc) is 2.63. The zero-order chi connectivity index (χ0) is 17.6. The van der Waals surface area contributed by atoms with Crippen molar-refractivity contribution in [1.29, 1.82) is 0 Å². The standard InChI is InChI=1S/C20H24N4S/c1-3-24-12-4-5-17-13-16(8-11-19(17)24)14-21-23-20(25)22-18-9-6-15(2)7-10-18/h6-11,13-14H,3-5,12H2,1-2H3,(H2,22,23,25). The topological polar surface area (TPSA) is 39.7 Å². The molecule has 2 aromatic carbocycles. The SMILES string of the molecule is CCN1CCCc2cc(C=NNC(=S)Nc3ccc(C)cc3)ccc21. The minimum atomic E-state index is 0.482. The number of fused-ring (bicyclic) bond motifs is 1. The Bertz CT molecular complexity index is 768. The van der Waals surface area contributed by atoms with E-state index in [-0.39, 0.29) is 0 Å². The van der Waals surface area contributed by atoms with E-state index in [0.29, 0.717) is 5.11 Å². The Kier molecular flexibility index (Phi) is 5.66. The molecule has 2 aromatic rings. The van der Waals surface area contributed by atoms with Gasteiger partial charge in [0.2, 0.25) is 0 Å². The smallest absolute Gasteiger partial charge is 0.191 e. The van der Waals surface area contributed by atoms with Crippen LogP contribution in [0.3, 0.4) is 0 Å². The van der Waals surface area contributed by atoms with Gasteiger partial charge in [0.15, 0.2) is 5.11 Å². The van der Waals surface area contributed by atoms with Crippen molar-refractivity contribution in [2.45, 2.75) is 26.7 Å². The van der Waals surface area contributed by atoms with Crippen LogP contribution in [0.1, 0.15) is 30.0 Å². The number of anilines is 2. The monoisotopic (exact) mass is 352 g/mol. The molecule has 0 spiro atoms. The first-order valence-electron chi connectivity index (χ1n) is 8.70. The van der Waals surface area contributed by atoms with Crippen LogP contribution in [0.2, 0.25) is 0 Å². The van der Waals surface area contributed by atoms with E-state index in [2.05, 4.69) is 52.8 Å². The summed E-state index contributed by atoms with van der Waals surface area (Å²) in [6.45, 7) is 6.47. The first kappa shape index (κ1) is 17.4. The van der Waals surface area contributed by atoms with Gasteiger partial charge in [-0.25, -0.2) is 0 Å². The fraction of sp³-hybridized carbons (Fsp3) is 0.300. The highest BCUT2D eigenvalue weighted by Gasteiger charge is 2.15. The number of nitrogens with zero attached hydrogens (tertiary/aromatic N) is 2. The average molecular weight is 353 g/mol. The van der Waals surface area contributed by atoms with Gasteiger partial charge in [0.25, 0.3) is 0 Å². The van der Waals surface area contributed by atoms with Crippen LogP contribution in [0.15, 0.2) is 47.6 Å². The zero-order valence-electron chi connectivity index (χ0n) is 14.7. The predicted octanol–water partition coefficient (Wildman–Crippen LogP) is 4.09. The zero-order valence-corrected chi connectivity index (χ0v) is 15.6. The van der Waals surface area contributed by atoms with E-state index in [1.807, 2.05) is 30.5 Å². The number of benzene rings is 2. The number of nitrogens with one attached hydrogen (secondary N) is 2. The molecule has 25 heavy (non-hydrogen) atoms. The maximum absolute atomic E-state index is 5.27. The molecule has 0 atom stereocenters. The number of rotatable bonds is 4. The fourth-order valence-corrected chi connectivity index (χ4v) is 3.24. The van der Waals surface area contributed by atoms with Crippen molar-refractivity contribution >= 4 is 34.9 Å². The van der Waals surface area contributed by atoms with E-state index >= 15 is 0 Å². The largest absolute Gasteiger partial charge is 0.372 e. The Morgan fingerprint density at radius 2 is 2.04 bits per heavy atom. The lowest BCUT2D eigenvalue weighted by molar-refractivity contribution is 0.708. The van der Waals surface area contributed by atoms with Crippen LogP contribution in [0.25, 0.3) is 0 Å². The molecule has 0 radical (unpaired) electrons. The third-order valence-electron chi connectivity index (χ3n) is 4.39. The number of hydrogen-bond acceptors (Lipinski definition) is 3. The van der Waals surface area contributed by atoms with Crippen LogP contribution >= 0.6 is 12.2 Å². The summed E-state index contributed by atoms with van der Waals surface area (Å²) >= 11 is 5.27. The van der Waals surface area contributed by atoms with Crippen molar-refractivity contribution < 1.29 is 0 Å². The van der Waals surface area contributed by atoms with Crippen molar-refractivity contribution in [3.8, 4) is 0 Å². The molecular weight excluding hydrogens is 328 g/mol. The van der Waals surface area contributed by atoms with Crippen LogP contribution in [0.5, 0.6) is 0 Å². The Labute approximate surface area is 154 Å². The van der Waals surface area contributed by atoms with Crippen molar-refractivity contribution in [2.75, 3.05) is 23.3 Å². The molecule has 130 valence electrons. The highest BCUT2D eigenvalue weighted by atomic mass is 32.1. The second-order valence-electron chi connectivity index (χ2n) is 6.26. The van der Waals surface area contributed by atoms with Gasteiger partial charge in [-0.1, -0.05) is 23.8 Å². The predicted molar refractivity (Wildman–Crippen MR) is 111 cm³/mol. The summed E-state index contributed by atoms with van der Waals surface area (Å²) in [5.74, 6) is 0. The van der Waals surface area contributed by atoms with Gasteiger partial charge in [-0.05, 0) is 74.3 Å². The number of aryl methyl sites for hydroxylation is 2. The van der Waals surface area contributed by atoms with Gasteiger partial charge >= 0.3 is 0 Å². The van der Waals surface area contributed by atoms with E-state index in [0.717, 1.165) is 30.8 Å². The number of hydrazone groups is 1. The first-order valence-corrected chi connectivity index (χ1v) is 9.11.